The van der Waals surface area contributed by atoms with Crippen molar-refractivity contribution >= 4 is 15.9 Å². The lowest BCUT2D eigenvalue weighted by atomic mass is 9.93. The van der Waals surface area contributed by atoms with Crippen LogP contribution in [0.4, 0.5) is 0 Å². The topological polar surface area (TPSA) is 21.3 Å². The Morgan fingerprint density at radius 3 is 2.55 bits per heavy atom. The van der Waals surface area contributed by atoms with Crippen LogP contribution in [-0.4, -0.2) is 13.2 Å². The lowest BCUT2D eigenvalue weighted by Crippen LogP contribution is -2.20. The van der Waals surface area contributed by atoms with Crippen molar-refractivity contribution in [3.05, 3.63) is 28.2 Å². The van der Waals surface area contributed by atoms with Crippen LogP contribution >= 0.6 is 15.9 Å². The first-order valence-electron chi connectivity index (χ1n) is 7.40. The fourth-order valence-electron chi connectivity index (χ4n) is 1.81. The smallest absolute Gasteiger partial charge is 0.137 e. The van der Waals surface area contributed by atoms with Crippen LogP contribution in [0.3, 0.4) is 0 Å². The largest absolute Gasteiger partial charge is 0.492 e. The zero-order valence-corrected chi connectivity index (χ0v) is 15.0. The molecule has 114 valence electrons. The Hall–Kier alpha value is -0.540. The molecule has 0 saturated heterocycles. The molecule has 1 aromatic carbocycles. The lowest BCUT2D eigenvalue weighted by Gasteiger charge is -2.20. The van der Waals surface area contributed by atoms with Crippen molar-refractivity contribution in [3.8, 4) is 5.75 Å². The Bertz CT molecular complexity index is 410. The molecule has 0 radical (unpaired) electrons. The van der Waals surface area contributed by atoms with Gasteiger partial charge in [0.05, 0.1) is 11.1 Å². The summed E-state index contributed by atoms with van der Waals surface area (Å²) in [5.74, 6) is 1.64. The van der Waals surface area contributed by atoms with Gasteiger partial charge in [0.2, 0.25) is 0 Å². The molecule has 0 amide bonds. The normalized spacial score (nSPS) is 11.9. The molecule has 0 aliphatic rings. The number of hydrogen-bond acceptors (Lipinski definition) is 2. The van der Waals surface area contributed by atoms with E-state index in [1.807, 2.05) is 6.07 Å². The second-order valence-corrected chi connectivity index (χ2v) is 7.77. The number of benzene rings is 1. The van der Waals surface area contributed by atoms with Crippen molar-refractivity contribution in [1.29, 1.82) is 0 Å². The highest BCUT2D eigenvalue weighted by Crippen LogP contribution is 2.30. The van der Waals surface area contributed by atoms with Gasteiger partial charge in [-0.1, -0.05) is 46.8 Å². The van der Waals surface area contributed by atoms with Gasteiger partial charge < -0.3 is 10.1 Å². The molecule has 0 aromatic heterocycles. The van der Waals surface area contributed by atoms with E-state index in [1.54, 1.807) is 0 Å². The van der Waals surface area contributed by atoms with Crippen LogP contribution in [0.5, 0.6) is 5.75 Å². The first-order valence-corrected chi connectivity index (χ1v) is 8.20. The maximum atomic E-state index is 6.01. The standard InChI is InChI=1S/C17H28BrNO/c1-13(2)11-19-12-14-7-6-8-15(18)16(14)20-10-9-17(3,4)5/h6-8,13,19H,9-12H2,1-5H3. The SMILES string of the molecule is CC(C)CNCc1cccc(Br)c1OCCC(C)(C)C. The molecule has 0 atom stereocenters. The fraction of sp³-hybridized carbons (Fsp3) is 0.647. The first-order chi connectivity index (χ1) is 9.29. The summed E-state index contributed by atoms with van der Waals surface area (Å²) in [7, 11) is 0. The van der Waals surface area contributed by atoms with Crippen LogP contribution in [-0.2, 0) is 6.54 Å². The maximum absolute atomic E-state index is 6.01. The Morgan fingerprint density at radius 1 is 1.25 bits per heavy atom. The predicted octanol–water partition coefficient (Wildman–Crippen LogP) is 5.01. The van der Waals surface area contributed by atoms with Crippen LogP contribution in [0.25, 0.3) is 0 Å². The second kappa shape index (κ2) is 8.04. The highest BCUT2D eigenvalue weighted by Gasteiger charge is 2.12. The van der Waals surface area contributed by atoms with Crippen LogP contribution in [0.15, 0.2) is 22.7 Å². The number of nitrogens with one attached hydrogen (secondary N) is 1. The quantitative estimate of drug-likeness (QED) is 0.752. The van der Waals surface area contributed by atoms with E-state index in [4.69, 9.17) is 4.74 Å². The molecule has 0 fully saturated rings. The molecule has 3 heteroatoms. The Balaban J connectivity index is 2.63. The number of para-hydroxylation sites is 1. The first kappa shape index (κ1) is 17.5. The molecule has 1 N–H and O–H groups in total. The molecular weight excluding hydrogens is 314 g/mol. The third kappa shape index (κ3) is 6.76. The van der Waals surface area contributed by atoms with Gasteiger partial charge in [-0.15, -0.1) is 0 Å². The zero-order valence-electron chi connectivity index (χ0n) is 13.4. The van der Waals surface area contributed by atoms with E-state index in [0.717, 1.165) is 36.3 Å². The Morgan fingerprint density at radius 2 is 1.95 bits per heavy atom. The van der Waals surface area contributed by atoms with Crippen LogP contribution in [0.2, 0.25) is 0 Å². The van der Waals surface area contributed by atoms with E-state index in [9.17, 15) is 0 Å². The number of ether oxygens (including phenoxy) is 1. The van der Waals surface area contributed by atoms with Crippen LogP contribution < -0.4 is 10.1 Å². The van der Waals surface area contributed by atoms with Crippen molar-refractivity contribution < 1.29 is 4.74 Å². The van der Waals surface area contributed by atoms with Gasteiger partial charge in [0.15, 0.2) is 0 Å². The van der Waals surface area contributed by atoms with Gasteiger partial charge in [0.1, 0.15) is 5.75 Å². The molecular formula is C17H28BrNO. The molecule has 0 aliphatic carbocycles. The van der Waals surface area contributed by atoms with Crippen LogP contribution in [0, 0.1) is 11.3 Å². The molecule has 1 rings (SSSR count). The van der Waals surface area contributed by atoms with Crippen molar-refractivity contribution in [1.82, 2.24) is 5.32 Å². The van der Waals surface area contributed by atoms with E-state index in [2.05, 4.69) is 68.0 Å². The highest BCUT2D eigenvalue weighted by molar-refractivity contribution is 9.10. The van der Waals surface area contributed by atoms with E-state index in [1.165, 1.54) is 5.56 Å². The molecule has 0 spiro atoms. The molecule has 0 saturated carbocycles. The zero-order chi connectivity index (χ0) is 15.2. The Kier molecular flexibility index (Phi) is 7.04. The lowest BCUT2D eigenvalue weighted by molar-refractivity contribution is 0.240. The van der Waals surface area contributed by atoms with E-state index < -0.39 is 0 Å². The van der Waals surface area contributed by atoms with Gasteiger partial charge in [-0.05, 0) is 46.3 Å². The van der Waals surface area contributed by atoms with Gasteiger partial charge in [-0.2, -0.15) is 0 Å². The minimum atomic E-state index is 0.303. The summed E-state index contributed by atoms with van der Waals surface area (Å²) in [6.45, 7) is 13.8. The molecule has 0 unspecified atom stereocenters. The van der Waals surface area contributed by atoms with Crippen molar-refractivity contribution in [3.63, 3.8) is 0 Å². The maximum Gasteiger partial charge on any atom is 0.137 e. The molecule has 2 nitrogen and oxygen atoms in total. The second-order valence-electron chi connectivity index (χ2n) is 6.91. The Labute approximate surface area is 132 Å². The van der Waals surface area contributed by atoms with Gasteiger partial charge in [0.25, 0.3) is 0 Å². The number of halogens is 1. The summed E-state index contributed by atoms with van der Waals surface area (Å²) in [5, 5.41) is 3.47. The van der Waals surface area contributed by atoms with Crippen molar-refractivity contribution in [2.24, 2.45) is 11.3 Å². The van der Waals surface area contributed by atoms with Crippen molar-refractivity contribution in [2.45, 2.75) is 47.6 Å². The molecule has 0 aliphatic heterocycles. The van der Waals surface area contributed by atoms with Gasteiger partial charge >= 0.3 is 0 Å². The number of hydrogen-bond donors (Lipinski definition) is 1. The highest BCUT2D eigenvalue weighted by atomic mass is 79.9. The monoisotopic (exact) mass is 341 g/mol. The third-order valence-electron chi connectivity index (χ3n) is 3.02. The van der Waals surface area contributed by atoms with E-state index >= 15 is 0 Å². The summed E-state index contributed by atoms with van der Waals surface area (Å²) in [6, 6.07) is 6.23. The summed E-state index contributed by atoms with van der Waals surface area (Å²) in [4.78, 5) is 0. The molecule has 20 heavy (non-hydrogen) atoms. The van der Waals surface area contributed by atoms with Gasteiger partial charge in [-0.3, -0.25) is 0 Å². The summed E-state index contributed by atoms with van der Waals surface area (Å²) >= 11 is 3.60. The molecule has 0 heterocycles. The third-order valence-corrected chi connectivity index (χ3v) is 3.64. The molecule has 0 bridgehead atoms. The molecule has 1 aromatic rings. The summed E-state index contributed by atoms with van der Waals surface area (Å²) in [5.41, 5.74) is 1.52. The minimum Gasteiger partial charge on any atom is -0.492 e. The minimum absolute atomic E-state index is 0.303. The summed E-state index contributed by atoms with van der Waals surface area (Å²) in [6.07, 6.45) is 1.05. The van der Waals surface area contributed by atoms with E-state index in [0.29, 0.717) is 11.3 Å². The van der Waals surface area contributed by atoms with Crippen LogP contribution in [0.1, 0.15) is 46.6 Å². The van der Waals surface area contributed by atoms with Gasteiger partial charge in [0, 0.05) is 12.1 Å². The van der Waals surface area contributed by atoms with Gasteiger partial charge in [-0.25, -0.2) is 0 Å². The predicted molar refractivity (Wildman–Crippen MR) is 90.3 cm³/mol. The fourth-order valence-corrected chi connectivity index (χ4v) is 2.33. The summed E-state index contributed by atoms with van der Waals surface area (Å²) < 4.78 is 7.05. The van der Waals surface area contributed by atoms with Crippen molar-refractivity contribution in [2.75, 3.05) is 13.2 Å². The average molecular weight is 342 g/mol. The average Bonchev–Trinajstić information content (AvgIpc) is 2.30. The van der Waals surface area contributed by atoms with E-state index in [-0.39, 0.29) is 0 Å². The number of rotatable bonds is 7.